The van der Waals surface area contributed by atoms with Crippen molar-refractivity contribution >= 4 is 11.7 Å². The number of carbonyl (C=O) groups excluding carboxylic acids is 1. The van der Waals surface area contributed by atoms with Gasteiger partial charge < -0.3 is 15.8 Å². The normalized spacial score (nSPS) is 12.5. The molecule has 0 spiro atoms. The van der Waals surface area contributed by atoms with Crippen LogP contribution in [0.1, 0.15) is 28.9 Å². The van der Waals surface area contributed by atoms with Crippen LogP contribution in [0.4, 0.5) is 27.8 Å². The molecule has 6 nitrogen and oxygen atoms in total. The maximum Gasteiger partial charge on any atom is 0.410 e. The van der Waals surface area contributed by atoms with Crippen LogP contribution in [0.5, 0.6) is 5.75 Å². The van der Waals surface area contributed by atoms with E-state index in [4.69, 9.17) is 10.5 Å². The van der Waals surface area contributed by atoms with Crippen LogP contribution in [-0.2, 0) is 6.54 Å². The van der Waals surface area contributed by atoms with Gasteiger partial charge in [0.15, 0.2) is 0 Å². The number of hydrogen-bond donors (Lipinski definition) is 2. The van der Waals surface area contributed by atoms with E-state index in [1.54, 1.807) is 0 Å². The lowest BCUT2D eigenvalue weighted by Crippen LogP contribution is -2.25. The van der Waals surface area contributed by atoms with Gasteiger partial charge >= 0.3 is 6.18 Å². The summed E-state index contributed by atoms with van der Waals surface area (Å²) in [5.41, 5.74) is 5.97. The van der Waals surface area contributed by atoms with E-state index in [-0.39, 0.29) is 40.5 Å². The van der Waals surface area contributed by atoms with Gasteiger partial charge in [-0.05, 0) is 31.2 Å². The number of rotatable bonds is 6. The minimum atomic E-state index is -4.55. The van der Waals surface area contributed by atoms with Crippen LogP contribution < -0.4 is 15.8 Å². The first kappa shape index (κ1) is 23.0. The molecule has 0 aliphatic carbocycles. The molecule has 0 bridgehead atoms. The van der Waals surface area contributed by atoms with E-state index in [9.17, 15) is 26.7 Å². The molecule has 3 N–H and O–H groups in total. The molecule has 3 rings (SSSR count). The predicted octanol–water partition coefficient (Wildman–Crippen LogP) is 4.47. The monoisotopic (exact) mass is 454 g/mol. The number of carbonyl (C=O) groups is 1. The largest absolute Gasteiger partial charge is 0.496 e. The molecule has 1 amide bonds. The first-order valence-corrected chi connectivity index (χ1v) is 9.33. The van der Waals surface area contributed by atoms with Crippen LogP contribution >= 0.6 is 0 Å². The van der Waals surface area contributed by atoms with E-state index in [0.717, 1.165) is 25.1 Å². The Morgan fingerprint density at radius 3 is 2.53 bits per heavy atom. The van der Waals surface area contributed by atoms with E-state index in [2.05, 4.69) is 10.4 Å². The van der Waals surface area contributed by atoms with E-state index in [1.807, 2.05) is 0 Å². The van der Waals surface area contributed by atoms with Crippen molar-refractivity contribution in [2.24, 2.45) is 0 Å². The summed E-state index contributed by atoms with van der Waals surface area (Å²) in [4.78, 5) is 12.3. The van der Waals surface area contributed by atoms with Crippen LogP contribution in [0.3, 0.4) is 0 Å². The van der Waals surface area contributed by atoms with Gasteiger partial charge in [0, 0.05) is 23.7 Å². The number of nitrogens with one attached hydrogen (secondary N) is 1. The van der Waals surface area contributed by atoms with Crippen LogP contribution in [0.15, 0.2) is 42.5 Å². The van der Waals surface area contributed by atoms with Gasteiger partial charge in [-0.2, -0.15) is 18.3 Å². The van der Waals surface area contributed by atoms with Crippen molar-refractivity contribution < 1.29 is 31.5 Å². The van der Waals surface area contributed by atoms with Crippen molar-refractivity contribution in [1.82, 2.24) is 15.1 Å². The molecule has 0 saturated carbocycles. The molecule has 11 heteroatoms. The number of benzene rings is 2. The summed E-state index contributed by atoms with van der Waals surface area (Å²) < 4.78 is 72.5. The zero-order valence-electron chi connectivity index (χ0n) is 17.0. The number of anilines is 1. The maximum atomic E-state index is 14.6. The third-order valence-corrected chi connectivity index (χ3v) is 4.80. The Morgan fingerprint density at radius 2 is 1.91 bits per heavy atom. The Balaban J connectivity index is 1.77. The van der Waals surface area contributed by atoms with Gasteiger partial charge in [0.2, 0.25) is 0 Å². The summed E-state index contributed by atoms with van der Waals surface area (Å²) in [5.74, 6) is -2.08. The van der Waals surface area contributed by atoms with Crippen LogP contribution in [-0.4, -0.2) is 29.0 Å². The molecule has 0 radical (unpaired) electrons. The average molecular weight is 454 g/mol. The fourth-order valence-electron chi connectivity index (χ4n) is 2.98. The molecule has 1 atom stereocenters. The molecule has 3 aromatic rings. The second kappa shape index (κ2) is 8.85. The van der Waals surface area contributed by atoms with Crippen LogP contribution in [0.25, 0.3) is 11.3 Å². The molecule has 2 aromatic carbocycles. The van der Waals surface area contributed by atoms with Gasteiger partial charge in [0.25, 0.3) is 5.91 Å². The van der Waals surface area contributed by atoms with Gasteiger partial charge in [0.1, 0.15) is 29.2 Å². The zero-order chi connectivity index (χ0) is 23.6. The summed E-state index contributed by atoms with van der Waals surface area (Å²) in [6.45, 7) is 0.694. The van der Waals surface area contributed by atoms with Crippen molar-refractivity contribution in [2.75, 3.05) is 12.8 Å². The van der Waals surface area contributed by atoms with E-state index < -0.39 is 29.8 Å². The fraction of sp³-hybridized carbons (Fsp3) is 0.238. The molecule has 1 heterocycles. The Bertz CT molecular complexity index is 1140. The third-order valence-electron chi connectivity index (χ3n) is 4.80. The lowest BCUT2D eigenvalue weighted by atomic mass is 10.1. The van der Waals surface area contributed by atoms with Gasteiger partial charge in [-0.3, -0.25) is 4.79 Å². The number of hydrogen-bond acceptors (Lipinski definition) is 4. The number of halogens is 5. The Morgan fingerprint density at radius 1 is 1.19 bits per heavy atom. The number of nitrogen functional groups attached to an aromatic ring is 1. The Hall–Kier alpha value is -3.63. The maximum absolute atomic E-state index is 14.6. The number of aromatic nitrogens is 2. The fourth-order valence-corrected chi connectivity index (χ4v) is 2.98. The Labute approximate surface area is 179 Å². The minimum absolute atomic E-state index is 0.0515. The van der Waals surface area contributed by atoms with E-state index >= 15 is 0 Å². The number of methoxy groups -OCH3 is 1. The van der Waals surface area contributed by atoms with Gasteiger partial charge in [-0.15, -0.1) is 0 Å². The SMILES string of the molecule is COc1ccc(F)cc1C(=O)NCc1ccc(-c2cc(N)n(C(C)C(F)(F)F)n2)cc1F. The second-order valence-corrected chi connectivity index (χ2v) is 6.95. The second-order valence-electron chi connectivity index (χ2n) is 6.95. The molecule has 1 unspecified atom stereocenters. The number of amides is 1. The van der Waals surface area contributed by atoms with E-state index in [0.29, 0.717) is 4.68 Å². The first-order valence-electron chi connectivity index (χ1n) is 9.33. The summed E-state index contributed by atoms with van der Waals surface area (Å²) in [5, 5.41) is 6.32. The van der Waals surface area contributed by atoms with E-state index in [1.165, 1.54) is 31.4 Å². The van der Waals surface area contributed by atoms with Crippen molar-refractivity contribution in [3.63, 3.8) is 0 Å². The smallest absolute Gasteiger partial charge is 0.410 e. The molecule has 0 aliphatic heterocycles. The van der Waals surface area contributed by atoms with Crippen molar-refractivity contribution in [3.8, 4) is 17.0 Å². The topological polar surface area (TPSA) is 82.2 Å². The molecular weight excluding hydrogens is 435 g/mol. The van der Waals surface area contributed by atoms with Crippen molar-refractivity contribution in [1.29, 1.82) is 0 Å². The van der Waals surface area contributed by atoms with Crippen molar-refractivity contribution in [2.45, 2.75) is 25.7 Å². The van der Waals surface area contributed by atoms with Gasteiger partial charge in [0.05, 0.1) is 18.4 Å². The molecule has 0 saturated heterocycles. The molecule has 0 fully saturated rings. The van der Waals surface area contributed by atoms with Gasteiger partial charge in [-0.25, -0.2) is 13.5 Å². The summed E-state index contributed by atoms with van der Waals surface area (Å²) >= 11 is 0. The van der Waals surface area contributed by atoms with Crippen LogP contribution in [0, 0.1) is 11.6 Å². The van der Waals surface area contributed by atoms with Crippen molar-refractivity contribution in [3.05, 3.63) is 65.2 Å². The standard InChI is InChI=1S/C21H19F5N4O2/c1-11(21(24,25)26)30-19(27)9-17(29-30)12-3-4-13(16(23)7-12)10-28-20(31)15-8-14(22)5-6-18(15)32-2/h3-9,11H,10,27H2,1-2H3,(H,28,31). The molecule has 1 aromatic heterocycles. The molecule has 32 heavy (non-hydrogen) atoms. The Kier molecular flexibility index (Phi) is 6.37. The highest BCUT2D eigenvalue weighted by Gasteiger charge is 2.39. The highest BCUT2D eigenvalue weighted by Crippen LogP contribution is 2.33. The quantitative estimate of drug-likeness (QED) is 0.539. The summed E-state index contributed by atoms with van der Waals surface area (Å²) in [6.07, 6.45) is -4.55. The highest BCUT2D eigenvalue weighted by atomic mass is 19.4. The molecule has 0 aliphatic rings. The predicted molar refractivity (Wildman–Crippen MR) is 107 cm³/mol. The van der Waals surface area contributed by atoms with Crippen LogP contribution in [0.2, 0.25) is 0 Å². The minimum Gasteiger partial charge on any atom is -0.496 e. The number of ether oxygens (including phenoxy) is 1. The highest BCUT2D eigenvalue weighted by molar-refractivity contribution is 5.96. The lowest BCUT2D eigenvalue weighted by molar-refractivity contribution is -0.164. The van der Waals surface area contributed by atoms with Gasteiger partial charge in [-0.1, -0.05) is 12.1 Å². The number of alkyl halides is 3. The summed E-state index contributed by atoms with van der Waals surface area (Å²) in [6, 6.07) is 6.57. The molecule has 170 valence electrons. The lowest BCUT2D eigenvalue weighted by Gasteiger charge is -2.17. The summed E-state index contributed by atoms with van der Waals surface area (Å²) in [7, 11) is 1.33. The average Bonchev–Trinajstić information content (AvgIpc) is 3.12. The third kappa shape index (κ3) is 4.82. The first-order chi connectivity index (χ1) is 15.0. The number of nitrogens with zero attached hydrogens (tertiary/aromatic N) is 2. The number of nitrogens with two attached hydrogens (primary N) is 1. The zero-order valence-corrected chi connectivity index (χ0v) is 17.0. The molecular formula is C21H19F5N4O2.